The molecule has 0 aliphatic carbocycles. The van der Waals surface area contributed by atoms with Gasteiger partial charge in [-0.25, -0.2) is 4.98 Å². The largest absolute Gasteiger partial charge is 0.356 e. The van der Waals surface area contributed by atoms with Gasteiger partial charge in [0.05, 0.1) is 10.8 Å². The third kappa shape index (κ3) is 3.64. The molecule has 1 unspecified atom stereocenters. The highest BCUT2D eigenvalue weighted by Gasteiger charge is 2.31. The van der Waals surface area contributed by atoms with E-state index in [2.05, 4.69) is 21.8 Å². The SMILES string of the molecule is CN1CCN(C(=O)C2CCCN(c3ccc([N+](=O)[O-])cn3)C2)CC1. The number of rotatable bonds is 3. The molecule has 24 heavy (non-hydrogen) atoms. The predicted octanol–water partition coefficient (Wildman–Crippen LogP) is 0.980. The first kappa shape index (κ1) is 16.6. The summed E-state index contributed by atoms with van der Waals surface area (Å²) >= 11 is 0. The molecule has 1 amide bonds. The molecule has 1 aromatic rings. The standard InChI is InChI=1S/C16H23N5O3/c1-18-7-9-19(10-8-18)16(22)13-3-2-6-20(12-13)15-5-4-14(11-17-15)21(23)24/h4-5,11,13H,2-3,6-10,12H2,1H3. The molecule has 0 bridgehead atoms. The van der Waals surface area contributed by atoms with E-state index in [1.54, 1.807) is 6.07 Å². The molecule has 0 radical (unpaired) electrons. The first-order valence-corrected chi connectivity index (χ1v) is 8.37. The molecule has 0 N–H and O–H groups in total. The van der Waals surface area contributed by atoms with Crippen molar-refractivity contribution in [2.45, 2.75) is 12.8 Å². The number of likely N-dealkylation sites (N-methyl/N-ethyl adjacent to an activating group) is 1. The lowest BCUT2D eigenvalue weighted by atomic mass is 9.96. The van der Waals surface area contributed by atoms with E-state index in [9.17, 15) is 14.9 Å². The molecule has 0 saturated carbocycles. The smallest absolute Gasteiger partial charge is 0.287 e. The van der Waals surface area contributed by atoms with Gasteiger partial charge in [-0.2, -0.15) is 0 Å². The van der Waals surface area contributed by atoms with Crippen LogP contribution in [0.2, 0.25) is 0 Å². The van der Waals surface area contributed by atoms with Crippen LogP contribution in [0.1, 0.15) is 12.8 Å². The van der Waals surface area contributed by atoms with Crippen LogP contribution in [0.3, 0.4) is 0 Å². The number of anilines is 1. The van der Waals surface area contributed by atoms with Gasteiger partial charge in [0.2, 0.25) is 5.91 Å². The van der Waals surface area contributed by atoms with Gasteiger partial charge in [0, 0.05) is 45.3 Å². The summed E-state index contributed by atoms with van der Waals surface area (Å²) in [7, 11) is 2.07. The number of nitro groups is 1. The fourth-order valence-electron chi connectivity index (χ4n) is 3.35. The Hall–Kier alpha value is -2.22. The van der Waals surface area contributed by atoms with E-state index < -0.39 is 4.92 Å². The molecule has 8 heteroatoms. The number of piperazine rings is 1. The van der Waals surface area contributed by atoms with E-state index in [1.165, 1.54) is 12.3 Å². The highest BCUT2D eigenvalue weighted by atomic mass is 16.6. The summed E-state index contributed by atoms with van der Waals surface area (Å²) < 4.78 is 0. The predicted molar refractivity (Wildman–Crippen MR) is 89.9 cm³/mol. The van der Waals surface area contributed by atoms with Crippen molar-refractivity contribution in [2.24, 2.45) is 5.92 Å². The maximum Gasteiger partial charge on any atom is 0.287 e. The molecule has 8 nitrogen and oxygen atoms in total. The number of piperidine rings is 1. The second-order valence-corrected chi connectivity index (χ2v) is 6.55. The van der Waals surface area contributed by atoms with Gasteiger partial charge < -0.3 is 14.7 Å². The van der Waals surface area contributed by atoms with Crippen LogP contribution in [0.5, 0.6) is 0 Å². The van der Waals surface area contributed by atoms with Gasteiger partial charge in [-0.1, -0.05) is 0 Å². The molecule has 2 aliphatic rings. The highest BCUT2D eigenvalue weighted by molar-refractivity contribution is 5.80. The van der Waals surface area contributed by atoms with E-state index in [-0.39, 0.29) is 17.5 Å². The zero-order valence-electron chi connectivity index (χ0n) is 13.9. The monoisotopic (exact) mass is 333 g/mol. The number of carbonyl (C=O) groups excluding carboxylic acids is 1. The van der Waals surface area contributed by atoms with Crippen molar-refractivity contribution in [1.82, 2.24) is 14.8 Å². The molecule has 1 atom stereocenters. The molecular weight excluding hydrogens is 310 g/mol. The molecule has 1 aromatic heterocycles. The van der Waals surface area contributed by atoms with Crippen molar-refractivity contribution < 1.29 is 9.72 Å². The Balaban J connectivity index is 1.63. The topological polar surface area (TPSA) is 82.8 Å². The van der Waals surface area contributed by atoms with Gasteiger partial charge in [-0.15, -0.1) is 0 Å². The van der Waals surface area contributed by atoms with Crippen LogP contribution < -0.4 is 4.90 Å². The number of nitrogens with zero attached hydrogens (tertiary/aromatic N) is 5. The van der Waals surface area contributed by atoms with Crippen molar-refractivity contribution >= 4 is 17.4 Å². The molecule has 0 spiro atoms. The Bertz CT molecular complexity index is 598. The molecule has 130 valence electrons. The van der Waals surface area contributed by atoms with Gasteiger partial charge in [0.25, 0.3) is 5.69 Å². The average Bonchev–Trinajstić information content (AvgIpc) is 2.62. The Morgan fingerprint density at radius 1 is 1.25 bits per heavy atom. The number of aromatic nitrogens is 1. The number of pyridine rings is 1. The molecule has 3 heterocycles. The summed E-state index contributed by atoms with van der Waals surface area (Å²) in [5.74, 6) is 0.922. The van der Waals surface area contributed by atoms with E-state index in [0.717, 1.165) is 45.6 Å². The lowest BCUT2D eigenvalue weighted by Crippen LogP contribution is -2.51. The summed E-state index contributed by atoms with van der Waals surface area (Å²) in [6, 6.07) is 3.13. The van der Waals surface area contributed by atoms with Gasteiger partial charge in [-0.05, 0) is 26.0 Å². The van der Waals surface area contributed by atoms with E-state index >= 15 is 0 Å². The second-order valence-electron chi connectivity index (χ2n) is 6.55. The van der Waals surface area contributed by atoms with Crippen LogP contribution in [0.4, 0.5) is 11.5 Å². The molecule has 3 rings (SSSR count). The maximum atomic E-state index is 12.8. The van der Waals surface area contributed by atoms with Gasteiger partial charge in [0.1, 0.15) is 12.0 Å². The summed E-state index contributed by atoms with van der Waals surface area (Å²) in [5, 5.41) is 10.7. The fourth-order valence-corrected chi connectivity index (χ4v) is 3.35. The van der Waals surface area contributed by atoms with Crippen LogP contribution in [0.25, 0.3) is 0 Å². The lowest BCUT2D eigenvalue weighted by molar-refractivity contribution is -0.385. The van der Waals surface area contributed by atoms with E-state index in [0.29, 0.717) is 12.4 Å². The number of carbonyl (C=O) groups is 1. The lowest BCUT2D eigenvalue weighted by Gasteiger charge is -2.38. The third-order valence-electron chi connectivity index (χ3n) is 4.85. The Morgan fingerprint density at radius 3 is 2.62 bits per heavy atom. The highest BCUT2D eigenvalue weighted by Crippen LogP contribution is 2.24. The first-order chi connectivity index (χ1) is 11.5. The number of hydrogen-bond donors (Lipinski definition) is 0. The minimum atomic E-state index is -0.452. The second kappa shape index (κ2) is 7.12. The zero-order valence-corrected chi connectivity index (χ0v) is 13.9. The summed E-state index contributed by atoms with van der Waals surface area (Å²) in [6.45, 7) is 4.90. The van der Waals surface area contributed by atoms with Crippen molar-refractivity contribution in [3.05, 3.63) is 28.4 Å². The third-order valence-corrected chi connectivity index (χ3v) is 4.85. The Kier molecular flexibility index (Phi) is 4.94. The maximum absolute atomic E-state index is 12.8. The molecular formula is C16H23N5O3. The molecule has 2 aliphatic heterocycles. The fraction of sp³-hybridized carbons (Fsp3) is 0.625. The van der Waals surface area contributed by atoms with E-state index in [1.807, 2.05) is 4.90 Å². The Morgan fingerprint density at radius 2 is 2.00 bits per heavy atom. The van der Waals surface area contributed by atoms with E-state index in [4.69, 9.17) is 0 Å². The summed E-state index contributed by atoms with van der Waals surface area (Å²) in [6.07, 6.45) is 3.11. The van der Waals surface area contributed by atoms with Crippen molar-refractivity contribution in [2.75, 3.05) is 51.2 Å². The Labute approximate surface area is 141 Å². The first-order valence-electron chi connectivity index (χ1n) is 8.37. The normalized spacial score (nSPS) is 22.5. The summed E-state index contributed by atoms with van der Waals surface area (Å²) in [5.41, 5.74) is -0.0131. The quantitative estimate of drug-likeness (QED) is 0.606. The molecule has 0 aromatic carbocycles. The number of amides is 1. The van der Waals surface area contributed by atoms with Crippen LogP contribution in [-0.2, 0) is 4.79 Å². The summed E-state index contributed by atoms with van der Waals surface area (Å²) in [4.78, 5) is 33.5. The zero-order chi connectivity index (χ0) is 17.1. The minimum Gasteiger partial charge on any atom is -0.356 e. The van der Waals surface area contributed by atoms with Gasteiger partial charge in [-0.3, -0.25) is 14.9 Å². The van der Waals surface area contributed by atoms with Crippen molar-refractivity contribution in [1.29, 1.82) is 0 Å². The van der Waals surface area contributed by atoms with Crippen LogP contribution in [0.15, 0.2) is 18.3 Å². The van der Waals surface area contributed by atoms with Crippen LogP contribution in [-0.4, -0.2) is 71.9 Å². The van der Waals surface area contributed by atoms with Crippen molar-refractivity contribution in [3.8, 4) is 0 Å². The molecule has 2 fully saturated rings. The van der Waals surface area contributed by atoms with Crippen molar-refractivity contribution in [3.63, 3.8) is 0 Å². The van der Waals surface area contributed by atoms with Gasteiger partial charge >= 0.3 is 0 Å². The van der Waals surface area contributed by atoms with Crippen LogP contribution >= 0.6 is 0 Å². The number of hydrogen-bond acceptors (Lipinski definition) is 6. The average molecular weight is 333 g/mol. The minimum absolute atomic E-state index is 0.0131. The van der Waals surface area contributed by atoms with Crippen LogP contribution in [0, 0.1) is 16.0 Å². The molecule has 2 saturated heterocycles. The van der Waals surface area contributed by atoms with Gasteiger partial charge in [0.15, 0.2) is 0 Å².